The molecule has 4 heteroatoms. The smallest absolute Gasteiger partial charge is 0.163 e. The molecule has 0 unspecified atom stereocenters. The molecule has 1 aliphatic carbocycles. The Bertz CT molecular complexity index is 803. The van der Waals surface area contributed by atoms with Crippen molar-refractivity contribution in [2.45, 2.75) is 59.9 Å². The highest BCUT2D eigenvalue weighted by Crippen LogP contribution is 2.30. The molecule has 0 bridgehead atoms. The van der Waals surface area contributed by atoms with Gasteiger partial charge in [-0.15, -0.1) is 0 Å². The monoisotopic (exact) mass is 373 g/mol. The van der Waals surface area contributed by atoms with Crippen LogP contribution in [-0.2, 0) is 4.79 Å². The van der Waals surface area contributed by atoms with Gasteiger partial charge in [0.25, 0.3) is 0 Å². The zero-order valence-corrected chi connectivity index (χ0v) is 17.3. The maximum absolute atomic E-state index is 12.9. The summed E-state index contributed by atoms with van der Waals surface area (Å²) in [6, 6.07) is 3.95. The van der Waals surface area contributed by atoms with Crippen LogP contribution in [0.25, 0.3) is 0 Å². The lowest BCUT2D eigenvalue weighted by molar-refractivity contribution is -0.115. The number of ketones is 2. The topological polar surface area (TPSA) is 37.4 Å². The summed E-state index contributed by atoms with van der Waals surface area (Å²) >= 11 is 6.28. The van der Waals surface area contributed by atoms with Gasteiger partial charge in [-0.05, 0) is 69.9 Å². The fourth-order valence-corrected chi connectivity index (χ4v) is 3.61. The number of carbonyl (C=O) groups is 2. The number of hydrogen-bond donors (Lipinski definition) is 0. The first-order valence-corrected chi connectivity index (χ1v) is 9.46. The number of anilines is 1. The van der Waals surface area contributed by atoms with Crippen molar-refractivity contribution in [3.63, 3.8) is 0 Å². The molecule has 140 valence electrons. The van der Waals surface area contributed by atoms with E-state index in [0.29, 0.717) is 35.9 Å². The highest BCUT2D eigenvalue weighted by molar-refractivity contribution is 6.31. The van der Waals surface area contributed by atoms with E-state index in [1.54, 1.807) is 6.07 Å². The quantitative estimate of drug-likeness (QED) is 0.601. The van der Waals surface area contributed by atoms with Gasteiger partial charge in [-0.3, -0.25) is 9.59 Å². The van der Waals surface area contributed by atoms with Crippen molar-refractivity contribution in [3.8, 4) is 0 Å². The van der Waals surface area contributed by atoms with Crippen LogP contribution in [0.15, 0.2) is 34.9 Å². The second-order valence-electron chi connectivity index (χ2n) is 7.48. The van der Waals surface area contributed by atoms with Gasteiger partial charge in [0, 0.05) is 42.2 Å². The first-order valence-electron chi connectivity index (χ1n) is 9.08. The zero-order chi connectivity index (χ0) is 19.6. The standard InChI is InChI=1S/C22H28ClNO2/c1-13(2)24(6)20-12-17(23)11-19(16(20)5)21(25)8-7-18-15(4)9-14(3)10-22(18)26/h9,11-13H,7-8,10H2,1-6H3. The molecule has 0 fully saturated rings. The molecule has 0 heterocycles. The Morgan fingerprint density at radius 2 is 1.88 bits per heavy atom. The van der Waals surface area contributed by atoms with Crippen molar-refractivity contribution in [2.24, 2.45) is 0 Å². The first-order chi connectivity index (χ1) is 12.1. The van der Waals surface area contributed by atoms with Crippen LogP contribution < -0.4 is 4.90 Å². The van der Waals surface area contributed by atoms with Crippen LogP contribution in [0, 0.1) is 6.92 Å². The Morgan fingerprint density at radius 1 is 1.23 bits per heavy atom. The van der Waals surface area contributed by atoms with Gasteiger partial charge < -0.3 is 4.90 Å². The molecule has 0 aliphatic heterocycles. The summed E-state index contributed by atoms with van der Waals surface area (Å²) in [6.45, 7) is 10.1. The van der Waals surface area contributed by atoms with Gasteiger partial charge in [-0.1, -0.05) is 23.3 Å². The Morgan fingerprint density at radius 3 is 2.46 bits per heavy atom. The van der Waals surface area contributed by atoms with Crippen LogP contribution in [0.5, 0.6) is 0 Å². The average molecular weight is 374 g/mol. The number of benzene rings is 1. The maximum Gasteiger partial charge on any atom is 0.163 e. The lowest BCUT2D eigenvalue weighted by atomic mass is 9.88. The molecule has 26 heavy (non-hydrogen) atoms. The highest BCUT2D eigenvalue weighted by atomic mass is 35.5. The van der Waals surface area contributed by atoms with Gasteiger partial charge in [0.2, 0.25) is 0 Å². The number of carbonyl (C=O) groups excluding carboxylic acids is 2. The Balaban J connectivity index is 2.25. The molecule has 0 N–H and O–H groups in total. The van der Waals surface area contributed by atoms with Gasteiger partial charge >= 0.3 is 0 Å². The predicted molar refractivity (Wildman–Crippen MR) is 109 cm³/mol. The summed E-state index contributed by atoms with van der Waals surface area (Å²) in [5.74, 6) is 0.168. The van der Waals surface area contributed by atoms with E-state index in [4.69, 9.17) is 11.6 Å². The summed E-state index contributed by atoms with van der Waals surface area (Å²) in [4.78, 5) is 27.2. The van der Waals surface area contributed by atoms with Crippen LogP contribution in [0.1, 0.15) is 62.9 Å². The molecule has 3 nitrogen and oxygen atoms in total. The van der Waals surface area contributed by atoms with E-state index in [-0.39, 0.29) is 11.6 Å². The van der Waals surface area contributed by atoms with Crippen molar-refractivity contribution in [3.05, 3.63) is 51.1 Å². The molecule has 0 saturated heterocycles. The van der Waals surface area contributed by atoms with Crippen molar-refractivity contribution >= 4 is 28.9 Å². The van der Waals surface area contributed by atoms with Gasteiger partial charge in [-0.2, -0.15) is 0 Å². The van der Waals surface area contributed by atoms with Crippen molar-refractivity contribution in [2.75, 3.05) is 11.9 Å². The van der Waals surface area contributed by atoms with Crippen molar-refractivity contribution in [1.82, 2.24) is 0 Å². The van der Waals surface area contributed by atoms with E-state index in [1.165, 1.54) is 0 Å². The molecule has 1 aliphatic rings. The molecule has 0 atom stereocenters. The highest BCUT2D eigenvalue weighted by Gasteiger charge is 2.21. The molecule has 0 aromatic heterocycles. The third kappa shape index (κ3) is 4.45. The molecule has 1 aromatic carbocycles. The van der Waals surface area contributed by atoms with E-state index in [0.717, 1.165) is 28.0 Å². The fourth-order valence-electron chi connectivity index (χ4n) is 3.40. The fraction of sp³-hybridized carbons (Fsp3) is 0.455. The lowest BCUT2D eigenvalue weighted by Crippen LogP contribution is -2.27. The second-order valence-corrected chi connectivity index (χ2v) is 7.91. The molecule has 0 saturated carbocycles. The van der Waals surface area contributed by atoms with Crippen LogP contribution >= 0.6 is 11.6 Å². The van der Waals surface area contributed by atoms with E-state index in [9.17, 15) is 9.59 Å². The Kier molecular flexibility index (Phi) is 6.46. The van der Waals surface area contributed by atoms with Gasteiger partial charge in [0.1, 0.15) is 0 Å². The zero-order valence-electron chi connectivity index (χ0n) is 16.6. The number of Topliss-reactive ketones (excluding diaryl/α,β-unsaturated/α-hetero) is 2. The summed E-state index contributed by atoms with van der Waals surface area (Å²) in [5, 5.41) is 0.559. The van der Waals surface area contributed by atoms with Crippen LogP contribution in [0.3, 0.4) is 0 Å². The summed E-state index contributed by atoms with van der Waals surface area (Å²) in [5.41, 5.74) is 5.39. The van der Waals surface area contributed by atoms with Crippen LogP contribution in [-0.4, -0.2) is 24.7 Å². The minimum absolute atomic E-state index is 0.0304. The summed E-state index contributed by atoms with van der Waals surface area (Å²) in [6.07, 6.45) is 3.30. The molecule has 1 aromatic rings. The number of nitrogens with zero attached hydrogens (tertiary/aromatic N) is 1. The molecule has 0 spiro atoms. The molecular formula is C22H28ClNO2. The Hall–Kier alpha value is -1.87. The SMILES string of the molecule is CC1=CC(C)=C(CCC(=O)c2cc(Cl)cc(N(C)C(C)C)c2C)C(=O)C1. The third-order valence-corrected chi connectivity index (χ3v) is 5.34. The molecule has 2 rings (SSSR count). The normalized spacial score (nSPS) is 14.8. The Labute approximate surface area is 161 Å². The van der Waals surface area contributed by atoms with E-state index in [2.05, 4.69) is 18.7 Å². The number of rotatable bonds is 6. The van der Waals surface area contributed by atoms with Gasteiger partial charge in [-0.25, -0.2) is 0 Å². The predicted octanol–water partition coefficient (Wildman–Crippen LogP) is 5.69. The van der Waals surface area contributed by atoms with E-state index in [1.807, 2.05) is 40.0 Å². The van der Waals surface area contributed by atoms with Crippen LogP contribution in [0.2, 0.25) is 5.02 Å². The van der Waals surface area contributed by atoms with Crippen molar-refractivity contribution < 1.29 is 9.59 Å². The summed E-state index contributed by atoms with van der Waals surface area (Å²) in [7, 11) is 2.00. The number of allylic oxidation sites excluding steroid dienone is 4. The molecule has 0 radical (unpaired) electrons. The minimum atomic E-state index is 0.0304. The van der Waals surface area contributed by atoms with Gasteiger partial charge in [0.05, 0.1) is 0 Å². The second kappa shape index (κ2) is 8.22. The third-order valence-electron chi connectivity index (χ3n) is 5.12. The number of hydrogen-bond acceptors (Lipinski definition) is 3. The van der Waals surface area contributed by atoms with Crippen LogP contribution in [0.4, 0.5) is 5.69 Å². The average Bonchev–Trinajstić information content (AvgIpc) is 2.54. The first kappa shape index (κ1) is 20.4. The van der Waals surface area contributed by atoms with Crippen molar-refractivity contribution in [1.29, 1.82) is 0 Å². The minimum Gasteiger partial charge on any atom is -0.372 e. The molecular weight excluding hydrogens is 346 g/mol. The van der Waals surface area contributed by atoms with E-state index < -0.39 is 0 Å². The van der Waals surface area contributed by atoms with Gasteiger partial charge in [0.15, 0.2) is 11.6 Å². The largest absolute Gasteiger partial charge is 0.372 e. The van der Waals surface area contributed by atoms with E-state index >= 15 is 0 Å². The molecule has 0 amide bonds. The maximum atomic E-state index is 12.9. The lowest BCUT2D eigenvalue weighted by Gasteiger charge is -2.27. The number of halogens is 1. The summed E-state index contributed by atoms with van der Waals surface area (Å²) < 4.78 is 0.